The molecule has 1 atom stereocenters. The quantitative estimate of drug-likeness (QED) is 0.635. The van der Waals surface area contributed by atoms with Crippen molar-refractivity contribution >= 4 is 34.8 Å². The Hall–Kier alpha value is -0.760. The third kappa shape index (κ3) is 3.62. The molecule has 0 saturated carbocycles. The van der Waals surface area contributed by atoms with Gasteiger partial charge in [0.05, 0.1) is 0 Å². The zero-order chi connectivity index (χ0) is 13.8. The first-order valence-corrected chi connectivity index (χ1v) is 7.15. The summed E-state index contributed by atoms with van der Waals surface area (Å²) in [6.07, 6.45) is 0.496. The lowest BCUT2D eigenvalue weighted by Crippen LogP contribution is -2.07. The summed E-state index contributed by atoms with van der Waals surface area (Å²) in [5.74, 6) is 0.0481. The van der Waals surface area contributed by atoms with Gasteiger partial charge in [-0.2, -0.15) is 0 Å². The van der Waals surface area contributed by atoms with Gasteiger partial charge in [0.25, 0.3) is 0 Å². The van der Waals surface area contributed by atoms with E-state index in [-0.39, 0.29) is 11.7 Å². The molecule has 0 radical (unpaired) electrons. The van der Waals surface area contributed by atoms with Gasteiger partial charge in [0, 0.05) is 21.8 Å². The molecule has 0 saturated heterocycles. The van der Waals surface area contributed by atoms with Crippen LogP contribution in [0.3, 0.4) is 0 Å². The van der Waals surface area contributed by atoms with Crippen molar-refractivity contribution in [3.8, 4) is 0 Å². The predicted molar refractivity (Wildman–Crippen MR) is 80.0 cm³/mol. The fourth-order valence-electron chi connectivity index (χ4n) is 2.01. The minimum Gasteiger partial charge on any atom is -0.207 e. The lowest BCUT2D eigenvalue weighted by Gasteiger charge is -2.16. The predicted octanol–water partition coefficient (Wildman–Crippen LogP) is 5.70. The first-order chi connectivity index (χ1) is 9.11. The Kier molecular flexibility index (Phi) is 5.09. The van der Waals surface area contributed by atoms with Gasteiger partial charge in [0.1, 0.15) is 5.82 Å². The van der Waals surface area contributed by atoms with Crippen LogP contribution in [0.2, 0.25) is 10.0 Å². The van der Waals surface area contributed by atoms with Crippen LogP contribution in [0.1, 0.15) is 17.0 Å². The molecule has 0 fully saturated rings. The highest BCUT2D eigenvalue weighted by molar-refractivity contribution is 6.31. The van der Waals surface area contributed by atoms with E-state index in [1.165, 1.54) is 6.07 Å². The van der Waals surface area contributed by atoms with Gasteiger partial charge in [-0.1, -0.05) is 47.5 Å². The normalized spacial score (nSPS) is 12.4. The number of rotatable bonds is 4. The lowest BCUT2D eigenvalue weighted by atomic mass is 9.93. The highest BCUT2D eigenvalue weighted by atomic mass is 35.5. The second-order valence-electron chi connectivity index (χ2n) is 4.31. The van der Waals surface area contributed by atoms with Crippen molar-refractivity contribution < 1.29 is 4.39 Å². The smallest absolute Gasteiger partial charge is 0.127 e. The molecule has 0 nitrogen and oxygen atoms in total. The van der Waals surface area contributed by atoms with E-state index in [4.69, 9.17) is 34.8 Å². The van der Waals surface area contributed by atoms with Gasteiger partial charge in [-0.3, -0.25) is 0 Å². The molecule has 4 heteroatoms. The zero-order valence-corrected chi connectivity index (χ0v) is 12.3. The molecule has 19 heavy (non-hydrogen) atoms. The topological polar surface area (TPSA) is 0 Å². The Balaban J connectivity index is 2.27. The van der Waals surface area contributed by atoms with Gasteiger partial charge < -0.3 is 0 Å². The van der Waals surface area contributed by atoms with Gasteiger partial charge in [0.2, 0.25) is 0 Å². The molecule has 2 rings (SSSR count). The summed E-state index contributed by atoms with van der Waals surface area (Å²) >= 11 is 17.9. The highest BCUT2D eigenvalue weighted by Gasteiger charge is 2.16. The highest BCUT2D eigenvalue weighted by Crippen LogP contribution is 2.29. The van der Waals surface area contributed by atoms with E-state index in [1.54, 1.807) is 12.1 Å². The van der Waals surface area contributed by atoms with Crippen molar-refractivity contribution in [1.29, 1.82) is 0 Å². The third-order valence-corrected chi connectivity index (χ3v) is 3.96. The van der Waals surface area contributed by atoms with E-state index in [0.717, 1.165) is 5.56 Å². The Bertz CT molecular complexity index is 569. The maximum atomic E-state index is 13.8. The van der Waals surface area contributed by atoms with Crippen LogP contribution < -0.4 is 0 Å². The van der Waals surface area contributed by atoms with E-state index in [2.05, 4.69) is 0 Å². The van der Waals surface area contributed by atoms with Gasteiger partial charge in [0.15, 0.2) is 0 Å². The molecule has 0 N–H and O–H groups in total. The van der Waals surface area contributed by atoms with Crippen molar-refractivity contribution in [2.75, 3.05) is 5.88 Å². The van der Waals surface area contributed by atoms with Crippen LogP contribution in [0, 0.1) is 5.82 Å². The van der Waals surface area contributed by atoms with E-state index < -0.39 is 0 Å². The summed E-state index contributed by atoms with van der Waals surface area (Å²) in [6, 6.07) is 12.2. The summed E-state index contributed by atoms with van der Waals surface area (Å²) in [6.45, 7) is 0. The molecule has 100 valence electrons. The molecule has 0 aromatic heterocycles. The average molecular weight is 318 g/mol. The Morgan fingerprint density at radius 2 is 1.79 bits per heavy atom. The van der Waals surface area contributed by atoms with Crippen molar-refractivity contribution in [3.63, 3.8) is 0 Å². The summed E-state index contributed by atoms with van der Waals surface area (Å²) in [5.41, 5.74) is 1.53. The monoisotopic (exact) mass is 316 g/mol. The molecular formula is C15H12Cl3F. The van der Waals surface area contributed by atoms with Crippen LogP contribution >= 0.6 is 34.8 Å². The number of hydrogen-bond acceptors (Lipinski definition) is 0. The van der Waals surface area contributed by atoms with E-state index in [9.17, 15) is 4.39 Å². The Labute approximate surface area is 127 Å². The van der Waals surface area contributed by atoms with E-state index in [0.29, 0.717) is 27.9 Å². The van der Waals surface area contributed by atoms with Crippen molar-refractivity contribution in [1.82, 2.24) is 0 Å². The number of halogens is 4. The van der Waals surface area contributed by atoms with E-state index in [1.807, 2.05) is 24.3 Å². The molecular weight excluding hydrogens is 306 g/mol. The van der Waals surface area contributed by atoms with Crippen molar-refractivity contribution in [2.45, 2.75) is 12.3 Å². The van der Waals surface area contributed by atoms with Crippen LogP contribution in [0.25, 0.3) is 0 Å². The standard InChI is InChI=1S/C15H12Cl3F/c16-9-11(13-3-1-2-4-14(13)18)7-10-5-6-12(17)8-15(10)19/h1-6,8,11H,7,9H2. The lowest BCUT2D eigenvalue weighted by molar-refractivity contribution is 0.598. The van der Waals surface area contributed by atoms with Gasteiger partial charge in [-0.05, 0) is 35.7 Å². The maximum Gasteiger partial charge on any atom is 0.127 e. The van der Waals surface area contributed by atoms with Gasteiger partial charge in [-0.15, -0.1) is 11.6 Å². The summed E-state index contributed by atoms with van der Waals surface area (Å²) in [5, 5.41) is 1.05. The molecule has 0 aliphatic heterocycles. The Morgan fingerprint density at radius 1 is 1.05 bits per heavy atom. The first-order valence-electron chi connectivity index (χ1n) is 5.86. The summed E-state index contributed by atoms with van der Waals surface area (Å²) < 4.78 is 13.8. The minimum atomic E-state index is -0.310. The van der Waals surface area contributed by atoms with Crippen LogP contribution in [-0.4, -0.2) is 5.88 Å². The first kappa shape index (κ1) is 14.6. The van der Waals surface area contributed by atoms with E-state index >= 15 is 0 Å². The molecule has 0 aliphatic carbocycles. The van der Waals surface area contributed by atoms with Gasteiger partial charge in [-0.25, -0.2) is 4.39 Å². The molecule has 2 aromatic carbocycles. The zero-order valence-electron chi connectivity index (χ0n) is 10.0. The average Bonchev–Trinajstić information content (AvgIpc) is 2.39. The SMILES string of the molecule is Fc1cc(Cl)ccc1CC(CCl)c1ccccc1Cl. The van der Waals surface area contributed by atoms with Crippen LogP contribution in [0.4, 0.5) is 4.39 Å². The van der Waals surface area contributed by atoms with Crippen LogP contribution in [-0.2, 0) is 6.42 Å². The molecule has 1 unspecified atom stereocenters. The van der Waals surface area contributed by atoms with Crippen LogP contribution in [0.5, 0.6) is 0 Å². The van der Waals surface area contributed by atoms with Gasteiger partial charge >= 0.3 is 0 Å². The fourth-order valence-corrected chi connectivity index (χ4v) is 2.73. The Morgan fingerprint density at radius 3 is 2.42 bits per heavy atom. The number of hydrogen-bond donors (Lipinski definition) is 0. The number of alkyl halides is 1. The fraction of sp³-hybridized carbons (Fsp3) is 0.200. The molecule has 0 heterocycles. The largest absolute Gasteiger partial charge is 0.207 e. The third-order valence-electron chi connectivity index (χ3n) is 3.01. The summed E-state index contributed by atoms with van der Waals surface area (Å²) in [7, 11) is 0. The second kappa shape index (κ2) is 6.60. The molecule has 0 spiro atoms. The van der Waals surface area contributed by atoms with Crippen molar-refractivity contribution in [3.05, 3.63) is 69.5 Å². The minimum absolute atomic E-state index is 0.0222. The maximum absolute atomic E-state index is 13.8. The second-order valence-corrected chi connectivity index (χ2v) is 5.46. The molecule has 2 aromatic rings. The van der Waals surface area contributed by atoms with Crippen molar-refractivity contribution in [2.24, 2.45) is 0 Å². The molecule has 0 amide bonds. The number of benzene rings is 2. The molecule has 0 bridgehead atoms. The van der Waals surface area contributed by atoms with Crippen LogP contribution in [0.15, 0.2) is 42.5 Å². The summed E-state index contributed by atoms with van der Waals surface area (Å²) in [4.78, 5) is 0. The molecule has 0 aliphatic rings.